The summed E-state index contributed by atoms with van der Waals surface area (Å²) >= 11 is 8.92. The first-order chi connectivity index (χ1) is 13.1. The topological polar surface area (TPSA) is 53.5 Å². The lowest BCUT2D eigenvalue weighted by Gasteiger charge is -2.35. The van der Waals surface area contributed by atoms with Gasteiger partial charge in [-0.25, -0.2) is 4.98 Å². The van der Waals surface area contributed by atoms with Gasteiger partial charge in [0.25, 0.3) is 5.91 Å². The maximum Gasteiger partial charge on any atom is 0.273 e. The molecule has 0 saturated carbocycles. The molecule has 144 valence electrons. The van der Waals surface area contributed by atoms with Gasteiger partial charge < -0.3 is 9.80 Å². The summed E-state index contributed by atoms with van der Waals surface area (Å²) in [4.78, 5) is 34.8. The quantitative estimate of drug-likeness (QED) is 0.735. The molecule has 0 aliphatic carbocycles. The molecule has 8 heteroatoms. The second kappa shape index (κ2) is 8.29. The van der Waals surface area contributed by atoms with E-state index in [-0.39, 0.29) is 17.7 Å². The van der Waals surface area contributed by atoms with Crippen molar-refractivity contribution in [2.24, 2.45) is 5.92 Å². The molecule has 0 bridgehead atoms. The number of hydrogen-bond donors (Lipinski definition) is 0. The number of thiazole rings is 1. The number of rotatable bonds is 3. The van der Waals surface area contributed by atoms with E-state index in [9.17, 15) is 9.59 Å². The van der Waals surface area contributed by atoms with Crippen LogP contribution >= 0.6 is 34.3 Å². The predicted octanol–water partition coefficient (Wildman–Crippen LogP) is 4.39. The SMILES string of the molecule is O=C(c1csc(-c2ccc(Cl)s2)n1)N1CCC(C(=O)N2CCCCC2)CC1. The van der Waals surface area contributed by atoms with E-state index < -0.39 is 0 Å². The number of amides is 2. The van der Waals surface area contributed by atoms with Gasteiger partial charge in [0.2, 0.25) is 5.91 Å². The fraction of sp³-hybridized carbons (Fsp3) is 0.526. The van der Waals surface area contributed by atoms with Gasteiger partial charge >= 0.3 is 0 Å². The molecule has 2 saturated heterocycles. The first-order valence-electron chi connectivity index (χ1n) is 9.41. The summed E-state index contributed by atoms with van der Waals surface area (Å²) < 4.78 is 0.716. The molecule has 0 spiro atoms. The zero-order valence-corrected chi connectivity index (χ0v) is 17.4. The third kappa shape index (κ3) is 4.20. The van der Waals surface area contributed by atoms with E-state index in [0.717, 1.165) is 48.7 Å². The van der Waals surface area contributed by atoms with Crippen LogP contribution in [0.5, 0.6) is 0 Å². The van der Waals surface area contributed by atoms with Crippen molar-refractivity contribution in [1.82, 2.24) is 14.8 Å². The van der Waals surface area contributed by atoms with E-state index in [1.165, 1.54) is 29.1 Å². The Morgan fingerprint density at radius 2 is 1.78 bits per heavy atom. The van der Waals surface area contributed by atoms with Gasteiger partial charge in [0.1, 0.15) is 10.7 Å². The summed E-state index contributed by atoms with van der Waals surface area (Å²) in [5, 5.41) is 2.64. The van der Waals surface area contributed by atoms with Crippen LogP contribution in [0.2, 0.25) is 4.34 Å². The molecule has 0 unspecified atom stereocenters. The van der Waals surface area contributed by atoms with Crippen molar-refractivity contribution in [3.63, 3.8) is 0 Å². The van der Waals surface area contributed by atoms with Crippen LogP contribution in [0.15, 0.2) is 17.5 Å². The average Bonchev–Trinajstić information content (AvgIpc) is 3.37. The monoisotopic (exact) mass is 423 g/mol. The lowest BCUT2D eigenvalue weighted by molar-refractivity contribution is -0.137. The van der Waals surface area contributed by atoms with E-state index in [0.29, 0.717) is 23.1 Å². The number of thiophene rings is 1. The zero-order chi connectivity index (χ0) is 18.8. The molecule has 2 amide bonds. The van der Waals surface area contributed by atoms with Crippen LogP contribution in [-0.4, -0.2) is 52.8 Å². The Hall–Kier alpha value is -1.44. The van der Waals surface area contributed by atoms with Gasteiger partial charge in [0.05, 0.1) is 9.21 Å². The fourth-order valence-corrected chi connectivity index (χ4v) is 5.69. The summed E-state index contributed by atoms with van der Waals surface area (Å²) in [6.07, 6.45) is 4.95. The molecule has 2 aromatic rings. The van der Waals surface area contributed by atoms with E-state index in [2.05, 4.69) is 4.98 Å². The molecule has 2 aliphatic rings. The predicted molar refractivity (Wildman–Crippen MR) is 109 cm³/mol. The van der Waals surface area contributed by atoms with Crippen molar-refractivity contribution >= 4 is 46.1 Å². The van der Waals surface area contributed by atoms with Crippen LogP contribution in [-0.2, 0) is 4.79 Å². The van der Waals surface area contributed by atoms with Crippen LogP contribution in [0.1, 0.15) is 42.6 Å². The Bertz CT molecular complexity index is 821. The molecule has 0 atom stereocenters. The zero-order valence-electron chi connectivity index (χ0n) is 15.0. The highest BCUT2D eigenvalue weighted by Gasteiger charge is 2.31. The highest BCUT2D eigenvalue weighted by molar-refractivity contribution is 7.23. The van der Waals surface area contributed by atoms with Gasteiger partial charge in [-0.05, 0) is 44.2 Å². The number of piperidine rings is 2. The minimum Gasteiger partial charge on any atom is -0.342 e. The van der Waals surface area contributed by atoms with Crippen molar-refractivity contribution in [3.8, 4) is 9.88 Å². The van der Waals surface area contributed by atoms with E-state index in [4.69, 9.17) is 11.6 Å². The van der Waals surface area contributed by atoms with Crippen molar-refractivity contribution < 1.29 is 9.59 Å². The third-order valence-corrected chi connectivity index (χ3v) is 7.55. The average molecular weight is 424 g/mol. The van der Waals surface area contributed by atoms with E-state index in [1.54, 1.807) is 0 Å². The number of carbonyl (C=O) groups excluding carboxylic acids is 2. The molecule has 27 heavy (non-hydrogen) atoms. The Kier molecular flexibility index (Phi) is 5.80. The van der Waals surface area contributed by atoms with Crippen LogP contribution < -0.4 is 0 Å². The molecular weight excluding hydrogens is 402 g/mol. The Balaban J connectivity index is 1.34. The smallest absolute Gasteiger partial charge is 0.273 e. The van der Waals surface area contributed by atoms with Crippen LogP contribution in [0.25, 0.3) is 9.88 Å². The van der Waals surface area contributed by atoms with Gasteiger partial charge in [-0.3, -0.25) is 9.59 Å². The lowest BCUT2D eigenvalue weighted by atomic mass is 9.94. The molecule has 0 radical (unpaired) electrons. The third-order valence-electron chi connectivity index (χ3n) is 5.31. The molecule has 0 aromatic carbocycles. The summed E-state index contributed by atoms with van der Waals surface area (Å²) in [5.74, 6) is 0.308. The van der Waals surface area contributed by atoms with Gasteiger partial charge in [-0.15, -0.1) is 22.7 Å². The molecule has 2 aromatic heterocycles. The van der Waals surface area contributed by atoms with E-state index >= 15 is 0 Å². The summed E-state index contributed by atoms with van der Waals surface area (Å²) in [7, 11) is 0. The molecule has 5 nitrogen and oxygen atoms in total. The Labute approximate surface area is 172 Å². The number of nitrogens with zero attached hydrogens (tertiary/aromatic N) is 3. The molecule has 4 heterocycles. The highest BCUT2D eigenvalue weighted by Crippen LogP contribution is 2.33. The number of halogens is 1. The number of hydrogen-bond acceptors (Lipinski definition) is 5. The molecular formula is C19H22ClN3O2S2. The maximum atomic E-state index is 12.8. The fourth-order valence-electron chi connectivity index (χ4n) is 3.78. The van der Waals surface area contributed by atoms with Crippen molar-refractivity contribution in [3.05, 3.63) is 27.5 Å². The summed E-state index contributed by atoms with van der Waals surface area (Å²) in [5.41, 5.74) is 0.486. The minimum absolute atomic E-state index is 0.0379. The molecule has 2 fully saturated rings. The number of aromatic nitrogens is 1. The summed E-state index contributed by atoms with van der Waals surface area (Å²) in [6, 6.07) is 3.77. The molecule has 4 rings (SSSR count). The van der Waals surface area contributed by atoms with Gasteiger partial charge in [0.15, 0.2) is 0 Å². The van der Waals surface area contributed by atoms with E-state index in [1.807, 2.05) is 27.3 Å². The standard InChI is InChI=1S/C19H22ClN3O2S2/c20-16-5-4-15(27-16)17-21-14(12-26-17)19(25)23-10-6-13(7-11-23)18(24)22-8-2-1-3-9-22/h4-5,12-13H,1-3,6-11H2. The van der Waals surface area contributed by atoms with Crippen LogP contribution in [0.4, 0.5) is 0 Å². The largest absolute Gasteiger partial charge is 0.342 e. The maximum absolute atomic E-state index is 12.8. The Morgan fingerprint density at radius 1 is 1.04 bits per heavy atom. The van der Waals surface area contributed by atoms with Crippen molar-refractivity contribution in [2.45, 2.75) is 32.1 Å². The second-order valence-electron chi connectivity index (χ2n) is 7.09. The number of carbonyl (C=O) groups is 2. The van der Waals surface area contributed by atoms with Gasteiger partial charge in [-0.1, -0.05) is 11.6 Å². The lowest BCUT2D eigenvalue weighted by Crippen LogP contribution is -2.45. The first-order valence-corrected chi connectivity index (χ1v) is 11.5. The first kappa shape index (κ1) is 18.9. The van der Waals surface area contributed by atoms with Crippen LogP contribution in [0.3, 0.4) is 0 Å². The Morgan fingerprint density at radius 3 is 2.44 bits per heavy atom. The highest BCUT2D eigenvalue weighted by atomic mass is 35.5. The van der Waals surface area contributed by atoms with Crippen molar-refractivity contribution in [1.29, 1.82) is 0 Å². The van der Waals surface area contributed by atoms with Gasteiger partial charge in [-0.2, -0.15) is 0 Å². The number of likely N-dealkylation sites (tertiary alicyclic amines) is 2. The molecule has 0 N–H and O–H groups in total. The summed E-state index contributed by atoms with van der Waals surface area (Å²) in [6.45, 7) is 3.04. The van der Waals surface area contributed by atoms with Gasteiger partial charge in [0, 0.05) is 37.5 Å². The second-order valence-corrected chi connectivity index (χ2v) is 9.67. The van der Waals surface area contributed by atoms with Crippen molar-refractivity contribution in [2.75, 3.05) is 26.2 Å². The van der Waals surface area contributed by atoms with Crippen LogP contribution in [0, 0.1) is 5.92 Å². The normalized spacial score (nSPS) is 18.7. The minimum atomic E-state index is -0.0379. The molecule has 2 aliphatic heterocycles.